The van der Waals surface area contributed by atoms with Crippen molar-refractivity contribution < 1.29 is 20.4 Å². The predicted octanol–water partition coefficient (Wildman–Crippen LogP) is 1.14. The Balaban J connectivity index is 0.000000490. The molecule has 0 unspecified atom stereocenters. The first-order valence-corrected chi connectivity index (χ1v) is 2.30. The second kappa shape index (κ2) is 3.90. The molecule has 0 aliphatic heterocycles. The van der Waals surface area contributed by atoms with Gasteiger partial charge >= 0.3 is 0 Å². The molecular formula is C4H4N2PdS. The van der Waals surface area contributed by atoms with Crippen LogP contribution in [-0.4, -0.2) is 9.97 Å². The van der Waals surface area contributed by atoms with Gasteiger partial charge in [0.1, 0.15) is 0 Å². The molecule has 46 valence electrons. The SMILES string of the molecule is S=c1nccc[nH]1.[Pd]. The molecule has 1 N–H and O–H groups in total. The van der Waals surface area contributed by atoms with Crippen LogP contribution < -0.4 is 0 Å². The number of aromatic amines is 1. The van der Waals surface area contributed by atoms with Gasteiger partial charge in [-0.25, -0.2) is 4.98 Å². The summed E-state index contributed by atoms with van der Waals surface area (Å²) in [5.74, 6) is 0. The zero-order valence-electron chi connectivity index (χ0n) is 3.90. The minimum Gasteiger partial charge on any atom is -0.337 e. The van der Waals surface area contributed by atoms with Crippen LogP contribution >= 0.6 is 12.2 Å². The summed E-state index contributed by atoms with van der Waals surface area (Å²) in [6.07, 6.45) is 3.40. The molecule has 1 aromatic rings. The van der Waals surface area contributed by atoms with Crippen molar-refractivity contribution in [2.45, 2.75) is 0 Å². The van der Waals surface area contributed by atoms with E-state index in [0.717, 1.165) is 0 Å². The van der Waals surface area contributed by atoms with E-state index in [0.29, 0.717) is 4.77 Å². The largest absolute Gasteiger partial charge is 0.337 e. The van der Waals surface area contributed by atoms with Crippen LogP contribution in [0.15, 0.2) is 18.5 Å². The number of aromatic nitrogens is 2. The van der Waals surface area contributed by atoms with Gasteiger partial charge in [-0.1, -0.05) is 0 Å². The maximum Gasteiger partial charge on any atom is 0.196 e. The number of H-pyrrole nitrogens is 1. The summed E-state index contributed by atoms with van der Waals surface area (Å²) in [6, 6.07) is 1.79. The van der Waals surface area contributed by atoms with Gasteiger partial charge < -0.3 is 4.98 Å². The third-order valence-corrected chi connectivity index (χ3v) is 0.804. The minimum atomic E-state index is 0. The summed E-state index contributed by atoms with van der Waals surface area (Å²) in [5.41, 5.74) is 0. The summed E-state index contributed by atoms with van der Waals surface area (Å²) in [5, 5.41) is 0. The Bertz CT molecular complexity index is 180. The van der Waals surface area contributed by atoms with Crippen molar-refractivity contribution in [2.24, 2.45) is 0 Å². The van der Waals surface area contributed by atoms with Gasteiger partial charge in [0.25, 0.3) is 0 Å². The average molecular weight is 219 g/mol. The molecule has 0 radical (unpaired) electrons. The quantitative estimate of drug-likeness (QED) is 0.523. The minimum absolute atomic E-state index is 0. The van der Waals surface area contributed by atoms with Gasteiger partial charge in [0.05, 0.1) is 0 Å². The Morgan fingerprint density at radius 3 is 2.62 bits per heavy atom. The van der Waals surface area contributed by atoms with E-state index in [1.54, 1.807) is 18.5 Å². The molecule has 1 rings (SSSR count). The molecule has 0 aromatic carbocycles. The number of hydrogen-bond acceptors (Lipinski definition) is 2. The molecule has 1 aromatic heterocycles. The standard InChI is InChI=1S/C4H4N2S.Pd/c7-4-5-2-1-3-6-4;/h1-3H,(H,5,6,7);. The molecule has 0 aliphatic carbocycles. The molecule has 0 saturated carbocycles. The molecule has 8 heavy (non-hydrogen) atoms. The van der Waals surface area contributed by atoms with E-state index in [1.165, 1.54) is 0 Å². The Morgan fingerprint density at radius 1 is 1.62 bits per heavy atom. The average Bonchev–Trinajstić information content (AvgIpc) is 1.69. The van der Waals surface area contributed by atoms with Crippen LogP contribution in [-0.2, 0) is 20.4 Å². The monoisotopic (exact) mass is 218 g/mol. The number of rotatable bonds is 0. The first-order chi connectivity index (χ1) is 3.39. The van der Waals surface area contributed by atoms with Crippen LogP contribution in [0.4, 0.5) is 0 Å². The maximum absolute atomic E-state index is 4.65. The molecular weight excluding hydrogens is 215 g/mol. The fraction of sp³-hybridized carbons (Fsp3) is 0. The van der Waals surface area contributed by atoms with Gasteiger partial charge in [-0.05, 0) is 18.3 Å². The van der Waals surface area contributed by atoms with Crippen LogP contribution in [0.2, 0.25) is 0 Å². The summed E-state index contributed by atoms with van der Waals surface area (Å²) in [7, 11) is 0. The van der Waals surface area contributed by atoms with E-state index in [2.05, 4.69) is 22.2 Å². The van der Waals surface area contributed by atoms with Crippen LogP contribution in [0.25, 0.3) is 0 Å². The van der Waals surface area contributed by atoms with E-state index in [9.17, 15) is 0 Å². The number of nitrogens with one attached hydrogen (secondary N) is 1. The Hall–Kier alpha value is -0.0377. The summed E-state index contributed by atoms with van der Waals surface area (Å²) in [6.45, 7) is 0. The van der Waals surface area contributed by atoms with Crippen molar-refractivity contribution in [3.8, 4) is 0 Å². The first kappa shape index (κ1) is 7.96. The van der Waals surface area contributed by atoms with Crippen LogP contribution in [0.1, 0.15) is 0 Å². The molecule has 0 aliphatic rings. The third kappa shape index (κ3) is 2.32. The molecule has 0 fully saturated rings. The molecule has 4 heteroatoms. The molecule has 0 spiro atoms. The molecule has 2 nitrogen and oxygen atoms in total. The first-order valence-electron chi connectivity index (χ1n) is 1.89. The maximum atomic E-state index is 4.65. The van der Waals surface area contributed by atoms with Crippen LogP contribution in [0.5, 0.6) is 0 Å². The molecule has 0 atom stereocenters. The van der Waals surface area contributed by atoms with Gasteiger partial charge in [-0.2, -0.15) is 0 Å². The summed E-state index contributed by atoms with van der Waals surface area (Å²) < 4.78 is 0.530. The Morgan fingerprint density at radius 2 is 2.38 bits per heavy atom. The van der Waals surface area contributed by atoms with Gasteiger partial charge in [0.2, 0.25) is 0 Å². The van der Waals surface area contributed by atoms with Gasteiger partial charge in [0.15, 0.2) is 4.77 Å². The van der Waals surface area contributed by atoms with Crippen LogP contribution in [0.3, 0.4) is 0 Å². The Kier molecular flexibility index (Phi) is 3.89. The number of hydrogen-bond donors (Lipinski definition) is 1. The second-order valence-corrected chi connectivity index (χ2v) is 1.47. The normalized spacial score (nSPS) is 7.50. The van der Waals surface area contributed by atoms with Crippen LogP contribution in [0, 0.1) is 4.77 Å². The van der Waals surface area contributed by atoms with Crippen molar-refractivity contribution in [3.05, 3.63) is 23.2 Å². The van der Waals surface area contributed by atoms with E-state index in [1.807, 2.05) is 0 Å². The van der Waals surface area contributed by atoms with Crippen molar-refractivity contribution in [1.29, 1.82) is 0 Å². The zero-order chi connectivity index (χ0) is 5.11. The van der Waals surface area contributed by atoms with Gasteiger partial charge in [-0.15, -0.1) is 0 Å². The summed E-state index contributed by atoms with van der Waals surface area (Å²) in [4.78, 5) is 6.47. The van der Waals surface area contributed by atoms with E-state index in [-0.39, 0.29) is 20.4 Å². The smallest absolute Gasteiger partial charge is 0.196 e. The predicted molar refractivity (Wildman–Crippen MR) is 29.4 cm³/mol. The van der Waals surface area contributed by atoms with Crippen molar-refractivity contribution in [2.75, 3.05) is 0 Å². The topological polar surface area (TPSA) is 28.7 Å². The van der Waals surface area contributed by atoms with E-state index in [4.69, 9.17) is 0 Å². The fourth-order valence-electron chi connectivity index (χ4n) is 0.310. The third-order valence-electron chi connectivity index (χ3n) is 0.581. The van der Waals surface area contributed by atoms with E-state index < -0.39 is 0 Å². The Labute approximate surface area is 66.0 Å². The molecule has 0 bridgehead atoms. The van der Waals surface area contributed by atoms with Crippen molar-refractivity contribution >= 4 is 12.2 Å². The van der Waals surface area contributed by atoms with Crippen molar-refractivity contribution in [3.63, 3.8) is 0 Å². The van der Waals surface area contributed by atoms with Gasteiger partial charge in [-0.3, -0.25) is 0 Å². The van der Waals surface area contributed by atoms with E-state index >= 15 is 0 Å². The number of nitrogens with zero attached hydrogens (tertiary/aromatic N) is 1. The van der Waals surface area contributed by atoms with Crippen molar-refractivity contribution in [1.82, 2.24) is 9.97 Å². The molecule has 1 heterocycles. The zero-order valence-corrected chi connectivity index (χ0v) is 6.27. The molecule has 0 saturated heterocycles. The fourth-order valence-corrected chi connectivity index (χ4v) is 0.439. The second-order valence-electron chi connectivity index (χ2n) is 1.09. The summed E-state index contributed by atoms with van der Waals surface area (Å²) >= 11 is 4.65. The van der Waals surface area contributed by atoms with Gasteiger partial charge in [0, 0.05) is 32.8 Å². The molecule has 0 amide bonds.